The Kier molecular flexibility index (Phi) is 2.94. The molecule has 1 N–H and O–H groups in total. The number of hydrogen-bond donors (Lipinski definition) is 1. The first-order valence-corrected chi connectivity index (χ1v) is 4.24. The average molecular weight is 179 g/mol. The quantitative estimate of drug-likeness (QED) is 0.769. The van der Waals surface area contributed by atoms with Crippen LogP contribution >= 0.6 is 0 Å². The Morgan fingerprint density at radius 3 is 2.31 bits per heavy atom. The molecule has 0 aliphatic carbocycles. The van der Waals surface area contributed by atoms with Crippen molar-refractivity contribution in [2.75, 3.05) is 6.61 Å². The lowest BCUT2D eigenvalue weighted by Crippen LogP contribution is -2.27. The number of rotatable bonds is 3. The third-order valence-electron chi connectivity index (χ3n) is 1.52. The molecule has 0 aliphatic rings. The fraction of sp³-hybridized carbons (Fsp3) is 0.364. The maximum atomic E-state index is 9.40. The minimum atomic E-state index is -0.789. The summed E-state index contributed by atoms with van der Waals surface area (Å²) in [6, 6.07) is 7.43. The second-order valence-electron chi connectivity index (χ2n) is 3.75. The second kappa shape index (κ2) is 3.79. The molecule has 13 heavy (non-hydrogen) atoms. The minimum absolute atomic E-state index is 0.295. The first-order valence-electron chi connectivity index (χ1n) is 4.24. The third-order valence-corrected chi connectivity index (χ3v) is 1.52. The van der Waals surface area contributed by atoms with E-state index in [1.807, 2.05) is 24.3 Å². The lowest BCUT2D eigenvalue weighted by molar-refractivity contribution is 0.0285. The van der Waals surface area contributed by atoms with Crippen molar-refractivity contribution in [3.8, 4) is 5.75 Å². The number of aliphatic hydroxyl groups is 1. The van der Waals surface area contributed by atoms with Gasteiger partial charge in [0.2, 0.25) is 0 Å². The fourth-order valence-electron chi connectivity index (χ4n) is 0.846. The molecule has 0 saturated carbocycles. The zero-order valence-corrected chi connectivity index (χ0v) is 8.08. The van der Waals surface area contributed by atoms with Crippen molar-refractivity contribution in [2.45, 2.75) is 19.4 Å². The normalized spacial score (nSPS) is 11.4. The standard InChI is InChI=1S/C11H15O2/c1-9-4-6-10(7-5-9)13-8-11(2,3)12/h4-7,12H,1,8H2,2-3H3. The van der Waals surface area contributed by atoms with Crippen LogP contribution in [0.5, 0.6) is 5.75 Å². The zero-order valence-electron chi connectivity index (χ0n) is 8.08. The van der Waals surface area contributed by atoms with Crippen molar-refractivity contribution < 1.29 is 9.84 Å². The summed E-state index contributed by atoms with van der Waals surface area (Å²) in [6.45, 7) is 7.48. The molecule has 0 spiro atoms. The van der Waals surface area contributed by atoms with Crippen LogP contribution in [0, 0.1) is 6.92 Å². The molecule has 0 bridgehead atoms. The lowest BCUT2D eigenvalue weighted by atomic mass is 10.2. The summed E-state index contributed by atoms with van der Waals surface area (Å²) in [7, 11) is 0. The highest BCUT2D eigenvalue weighted by molar-refractivity contribution is 5.28. The highest BCUT2D eigenvalue weighted by Gasteiger charge is 2.12. The van der Waals surface area contributed by atoms with Crippen molar-refractivity contribution in [3.05, 3.63) is 36.8 Å². The van der Waals surface area contributed by atoms with Gasteiger partial charge in [0.1, 0.15) is 12.4 Å². The summed E-state index contributed by atoms with van der Waals surface area (Å²) in [5.74, 6) is 0.759. The summed E-state index contributed by atoms with van der Waals surface area (Å²) < 4.78 is 5.35. The Morgan fingerprint density at radius 2 is 1.85 bits per heavy atom. The van der Waals surface area contributed by atoms with Gasteiger partial charge in [-0.05, 0) is 38.5 Å². The van der Waals surface area contributed by atoms with Gasteiger partial charge in [0, 0.05) is 0 Å². The molecule has 71 valence electrons. The molecular weight excluding hydrogens is 164 g/mol. The Morgan fingerprint density at radius 1 is 1.31 bits per heavy atom. The summed E-state index contributed by atoms with van der Waals surface area (Å²) in [6.07, 6.45) is 0. The van der Waals surface area contributed by atoms with Gasteiger partial charge in [-0.1, -0.05) is 12.1 Å². The van der Waals surface area contributed by atoms with Gasteiger partial charge in [-0.2, -0.15) is 0 Å². The predicted molar refractivity (Wildman–Crippen MR) is 52.7 cm³/mol. The van der Waals surface area contributed by atoms with Crippen molar-refractivity contribution in [2.24, 2.45) is 0 Å². The second-order valence-corrected chi connectivity index (χ2v) is 3.75. The molecule has 1 rings (SSSR count). The van der Waals surface area contributed by atoms with Crippen molar-refractivity contribution in [3.63, 3.8) is 0 Å². The van der Waals surface area contributed by atoms with E-state index in [2.05, 4.69) is 6.92 Å². The van der Waals surface area contributed by atoms with Crippen LogP contribution in [0.3, 0.4) is 0 Å². The van der Waals surface area contributed by atoms with Crippen LogP contribution in [0.25, 0.3) is 0 Å². The third kappa shape index (κ3) is 3.95. The lowest BCUT2D eigenvalue weighted by Gasteiger charge is -2.17. The first kappa shape index (κ1) is 10.1. The van der Waals surface area contributed by atoms with Gasteiger partial charge in [-0.3, -0.25) is 0 Å². The maximum absolute atomic E-state index is 9.40. The highest BCUT2D eigenvalue weighted by Crippen LogP contribution is 2.13. The molecule has 0 aromatic heterocycles. The van der Waals surface area contributed by atoms with Crippen LogP contribution in [0.4, 0.5) is 0 Å². The van der Waals surface area contributed by atoms with Gasteiger partial charge in [0.25, 0.3) is 0 Å². The largest absolute Gasteiger partial charge is 0.491 e. The Hall–Kier alpha value is -1.02. The molecule has 0 atom stereocenters. The van der Waals surface area contributed by atoms with Crippen LogP contribution in [0.2, 0.25) is 0 Å². The Labute approximate surface area is 79.2 Å². The molecule has 2 heteroatoms. The van der Waals surface area contributed by atoms with Gasteiger partial charge >= 0.3 is 0 Å². The van der Waals surface area contributed by atoms with Gasteiger partial charge in [0.05, 0.1) is 5.60 Å². The van der Waals surface area contributed by atoms with Crippen molar-refractivity contribution in [1.29, 1.82) is 0 Å². The van der Waals surface area contributed by atoms with E-state index in [-0.39, 0.29) is 0 Å². The van der Waals surface area contributed by atoms with E-state index in [1.54, 1.807) is 13.8 Å². The fourth-order valence-corrected chi connectivity index (χ4v) is 0.846. The summed E-state index contributed by atoms with van der Waals surface area (Å²) in [5, 5.41) is 9.40. The van der Waals surface area contributed by atoms with Crippen LogP contribution < -0.4 is 4.74 Å². The van der Waals surface area contributed by atoms with Crippen molar-refractivity contribution >= 4 is 0 Å². The Bertz CT molecular complexity index is 256. The van der Waals surface area contributed by atoms with E-state index in [0.717, 1.165) is 11.3 Å². The maximum Gasteiger partial charge on any atom is 0.119 e. The SMILES string of the molecule is [CH2]c1ccc(OCC(C)(C)O)cc1. The van der Waals surface area contributed by atoms with Crippen LogP contribution in [0.15, 0.2) is 24.3 Å². The van der Waals surface area contributed by atoms with E-state index < -0.39 is 5.60 Å². The molecule has 0 unspecified atom stereocenters. The molecule has 0 amide bonds. The van der Waals surface area contributed by atoms with E-state index in [1.165, 1.54) is 0 Å². The highest BCUT2D eigenvalue weighted by atomic mass is 16.5. The zero-order chi connectivity index (χ0) is 9.90. The van der Waals surface area contributed by atoms with Crippen molar-refractivity contribution in [1.82, 2.24) is 0 Å². The van der Waals surface area contributed by atoms with Gasteiger partial charge in [0.15, 0.2) is 0 Å². The molecule has 2 nitrogen and oxygen atoms in total. The van der Waals surface area contributed by atoms with Gasteiger partial charge in [-0.15, -0.1) is 0 Å². The number of benzene rings is 1. The summed E-state index contributed by atoms with van der Waals surface area (Å²) in [5.41, 5.74) is 0.166. The van der Waals surface area contributed by atoms with E-state index in [4.69, 9.17) is 4.74 Å². The Balaban J connectivity index is 2.51. The molecule has 0 aliphatic heterocycles. The topological polar surface area (TPSA) is 29.5 Å². The molecule has 1 aromatic carbocycles. The molecular formula is C11H15O2. The average Bonchev–Trinajstić information content (AvgIpc) is 2.02. The molecule has 0 saturated heterocycles. The first-order chi connectivity index (χ1) is 5.97. The molecule has 0 fully saturated rings. The van der Waals surface area contributed by atoms with Crippen LogP contribution in [-0.2, 0) is 0 Å². The molecule has 1 radical (unpaired) electrons. The minimum Gasteiger partial charge on any atom is -0.491 e. The van der Waals surface area contributed by atoms with E-state index in [0.29, 0.717) is 6.61 Å². The predicted octanol–water partition coefficient (Wildman–Crippen LogP) is 2.02. The number of hydrogen-bond acceptors (Lipinski definition) is 2. The monoisotopic (exact) mass is 179 g/mol. The number of ether oxygens (including phenoxy) is 1. The smallest absolute Gasteiger partial charge is 0.119 e. The van der Waals surface area contributed by atoms with E-state index in [9.17, 15) is 5.11 Å². The van der Waals surface area contributed by atoms with E-state index >= 15 is 0 Å². The van der Waals surface area contributed by atoms with Gasteiger partial charge in [-0.25, -0.2) is 0 Å². The van der Waals surface area contributed by atoms with Crippen LogP contribution in [0.1, 0.15) is 19.4 Å². The van der Waals surface area contributed by atoms with Crippen LogP contribution in [-0.4, -0.2) is 17.3 Å². The summed E-state index contributed by atoms with van der Waals surface area (Å²) >= 11 is 0. The summed E-state index contributed by atoms with van der Waals surface area (Å²) in [4.78, 5) is 0. The molecule has 0 heterocycles. The van der Waals surface area contributed by atoms with Gasteiger partial charge < -0.3 is 9.84 Å². The molecule has 1 aromatic rings.